The quantitative estimate of drug-likeness (QED) is 0.204. The lowest BCUT2D eigenvalue weighted by molar-refractivity contribution is -0.541. The van der Waals surface area contributed by atoms with E-state index in [4.69, 9.17) is 5.10 Å². The highest BCUT2D eigenvalue weighted by atomic mass is 32.2. The molecular formula is C23H25N4OS+. The number of rotatable bonds is 8. The van der Waals surface area contributed by atoms with Crippen LogP contribution in [0, 0.1) is 6.92 Å². The summed E-state index contributed by atoms with van der Waals surface area (Å²) in [4.78, 5) is 12.4. The van der Waals surface area contributed by atoms with Gasteiger partial charge in [0, 0.05) is 5.75 Å². The number of hydrogen-bond donors (Lipinski definition) is 1. The number of aromatic nitrogens is 2. The molecule has 2 aromatic carbocycles. The van der Waals surface area contributed by atoms with Crippen molar-refractivity contribution in [3.8, 4) is 5.69 Å². The fraction of sp³-hybridized carbons (Fsp3) is 0.174. The van der Waals surface area contributed by atoms with E-state index in [-0.39, 0.29) is 5.91 Å². The Morgan fingerprint density at radius 1 is 1.17 bits per heavy atom. The van der Waals surface area contributed by atoms with Gasteiger partial charge in [-0.05, 0) is 24.6 Å². The zero-order valence-corrected chi connectivity index (χ0v) is 17.5. The maximum atomic E-state index is 12.4. The molecule has 0 saturated carbocycles. The monoisotopic (exact) mass is 405 g/mol. The van der Waals surface area contributed by atoms with Gasteiger partial charge in [0.25, 0.3) is 5.91 Å². The Kier molecular flexibility index (Phi) is 7.03. The third kappa shape index (κ3) is 5.45. The van der Waals surface area contributed by atoms with Crippen molar-refractivity contribution in [1.29, 1.82) is 0 Å². The Morgan fingerprint density at radius 2 is 1.83 bits per heavy atom. The van der Waals surface area contributed by atoms with Gasteiger partial charge < -0.3 is 0 Å². The van der Waals surface area contributed by atoms with Crippen LogP contribution in [0.15, 0.2) is 78.3 Å². The van der Waals surface area contributed by atoms with E-state index in [0.717, 1.165) is 33.3 Å². The molecule has 1 heterocycles. The van der Waals surface area contributed by atoms with Crippen molar-refractivity contribution < 1.29 is 9.48 Å². The number of aryl methyl sites for hydroxylation is 1. The van der Waals surface area contributed by atoms with Gasteiger partial charge in [-0.25, -0.2) is 4.68 Å². The van der Waals surface area contributed by atoms with Crippen LogP contribution in [0.4, 0.5) is 0 Å². The van der Waals surface area contributed by atoms with Gasteiger partial charge in [0.1, 0.15) is 5.03 Å². The fourth-order valence-electron chi connectivity index (χ4n) is 2.93. The molecule has 0 radical (unpaired) electrons. The summed E-state index contributed by atoms with van der Waals surface area (Å²) < 4.78 is 3.64. The molecule has 148 valence electrons. The lowest BCUT2D eigenvalue weighted by Crippen LogP contribution is -2.34. The fourth-order valence-corrected chi connectivity index (χ4v) is 3.83. The lowest BCUT2D eigenvalue weighted by atomic mass is 10.1. The maximum absolute atomic E-state index is 12.4. The molecule has 3 rings (SSSR count). The van der Waals surface area contributed by atoms with Crippen molar-refractivity contribution in [2.45, 2.75) is 18.4 Å². The smallest absolute Gasteiger partial charge is 0.269 e. The number of nitrogens with one attached hydrogen (secondary N) is 1. The Morgan fingerprint density at radius 3 is 2.48 bits per heavy atom. The van der Waals surface area contributed by atoms with Crippen LogP contribution < -0.4 is 5.43 Å². The summed E-state index contributed by atoms with van der Waals surface area (Å²) in [7, 11) is 1.82. The number of hydrazine groups is 1. The highest BCUT2D eigenvalue weighted by Crippen LogP contribution is 2.27. The van der Waals surface area contributed by atoms with E-state index in [1.165, 1.54) is 0 Å². The molecule has 0 fully saturated rings. The largest absolute Gasteiger partial charge is 0.278 e. The van der Waals surface area contributed by atoms with E-state index in [2.05, 4.69) is 12.0 Å². The van der Waals surface area contributed by atoms with Crippen LogP contribution in [-0.4, -0.2) is 39.4 Å². The van der Waals surface area contributed by atoms with Crippen molar-refractivity contribution in [3.63, 3.8) is 0 Å². The summed E-state index contributed by atoms with van der Waals surface area (Å²) in [5, 5.41) is 5.74. The van der Waals surface area contributed by atoms with Gasteiger partial charge in [0.15, 0.2) is 7.05 Å². The molecule has 0 unspecified atom stereocenters. The molecule has 0 aliphatic heterocycles. The molecule has 0 aliphatic carbocycles. The normalized spacial score (nSPS) is 11.3. The second-order valence-electron chi connectivity index (χ2n) is 6.59. The Bertz CT molecular complexity index is 1010. The lowest BCUT2D eigenvalue weighted by Gasteiger charge is -2.06. The van der Waals surface area contributed by atoms with Gasteiger partial charge in [0.2, 0.25) is 6.21 Å². The highest BCUT2D eigenvalue weighted by Gasteiger charge is 2.19. The third-order valence-electron chi connectivity index (χ3n) is 4.23. The molecule has 0 spiro atoms. The minimum atomic E-state index is -0.0663. The summed E-state index contributed by atoms with van der Waals surface area (Å²) in [6.07, 6.45) is 4.12. The first-order valence-corrected chi connectivity index (χ1v) is 10.4. The van der Waals surface area contributed by atoms with Gasteiger partial charge in [-0.1, -0.05) is 54.6 Å². The predicted octanol–water partition coefficient (Wildman–Crippen LogP) is 3.79. The van der Waals surface area contributed by atoms with E-state index in [0.29, 0.717) is 6.42 Å². The molecule has 1 aromatic heterocycles. The van der Waals surface area contributed by atoms with Crippen molar-refractivity contribution >= 4 is 23.9 Å². The molecule has 0 atom stereocenters. The summed E-state index contributed by atoms with van der Waals surface area (Å²) in [6, 6.07) is 19.7. The summed E-state index contributed by atoms with van der Waals surface area (Å²) in [5.41, 5.74) is 6.76. The van der Waals surface area contributed by atoms with Crippen LogP contribution in [0.2, 0.25) is 0 Å². The van der Waals surface area contributed by atoms with E-state index in [1.807, 2.05) is 91.6 Å². The summed E-state index contributed by atoms with van der Waals surface area (Å²) in [6.45, 7) is 5.80. The Labute approximate surface area is 175 Å². The Hall–Kier alpha value is -3.12. The summed E-state index contributed by atoms with van der Waals surface area (Å²) >= 11 is 1.66. The first-order chi connectivity index (χ1) is 14.1. The van der Waals surface area contributed by atoms with Gasteiger partial charge in [0.05, 0.1) is 23.4 Å². The van der Waals surface area contributed by atoms with Crippen molar-refractivity contribution in [1.82, 2.24) is 15.2 Å². The average molecular weight is 406 g/mol. The third-order valence-corrected chi connectivity index (χ3v) is 5.30. The number of para-hydroxylation sites is 1. The molecule has 6 heteroatoms. The molecular weight excluding hydrogens is 380 g/mol. The SMILES string of the molecule is C=CCSc1c(/C=[N+](\C)NC(=O)Cc2ccccc2)c(C)nn1-c1ccccc1. The zero-order chi connectivity index (χ0) is 20.6. The van der Waals surface area contributed by atoms with Gasteiger partial charge in [-0.2, -0.15) is 5.10 Å². The molecule has 29 heavy (non-hydrogen) atoms. The zero-order valence-electron chi connectivity index (χ0n) is 16.7. The number of thioether (sulfide) groups is 1. The van der Waals surface area contributed by atoms with Crippen LogP contribution in [0.5, 0.6) is 0 Å². The Balaban J connectivity index is 1.85. The van der Waals surface area contributed by atoms with Gasteiger partial charge in [-0.3, -0.25) is 4.79 Å². The number of benzene rings is 2. The number of carbonyl (C=O) groups excluding carboxylic acids is 1. The van der Waals surface area contributed by atoms with Crippen molar-refractivity contribution in [2.75, 3.05) is 12.8 Å². The number of amides is 1. The van der Waals surface area contributed by atoms with Gasteiger partial charge in [-0.15, -0.1) is 28.5 Å². The topological polar surface area (TPSA) is 49.9 Å². The first-order valence-electron chi connectivity index (χ1n) is 9.38. The van der Waals surface area contributed by atoms with Crippen LogP contribution in [0.1, 0.15) is 16.8 Å². The molecule has 1 amide bonds. The molecule has 0 bridgehead atoms. The van der Waals surface area contributed by atoms with Gasteiger partial charge >= 0.3 is 0 Å². The number of nitrogens with zero attached hydrogens (tertiary/aromatic N) is 3. The molecule has 1 N–H and O–H groups in total. The second-order valence-corrected chi connectivity index (χ2v) is 7.60. The van der Waals surface area contributed by atoms with Crippen LogP contribution in [-0.2, 0) is 11.2 Å². The predicted molar refractivity (Wildman–Crippen MR) is 119 cm³/mol. The van der Waals surface area contributed by atoms with E-state index >= 15 is 0 Å². The number of hydrazone groups is 1. The highest BCUT2D eigenvalue weighted by molar-refractivity contribution is 7.99. The van der Waals surface area contributed by atoms with E-state index in [9.17, 15) is 4.79 Å². The molecule has 0 saturated heterocycles. The first kappa shape index (κ1) is 20.6. The average Bonchev–Trinajstić information content (AvgIpc) is 3.03. The van der Waals surface area contributed by atoms with Crippen LogP contribution in [0.25, 0.3) is 5.69 Å². The molecule has 5 nitrogen and oxygen atoms in total. The van der Waals surface area contributed by atoms with E-state index in [1.54, 1.807) is 16.4 Å². The van der Waals surface area contributed by atoms with Crippen LogP contribution in [0.3, 0.4) is 0 Å². The minimum absolute atomic E-state index is 0.0663. The molecule has 3 aromatic rings. The minimum Gasteiger partial charge on any atom is -0.269 e. The standard InChI is InChI=1S/C23H24N4OS/c1-4-15-29-23-21(18(2)24-27(23)20-13-9-6-10-14-20)17-26(3)25-22(28)16-19-11-7-5-8-12-19/h4-14,17H,1,15-16H2,2-3H3/p+1. The molecule has 0 aliphatic rings. The second kappa shape index (κ2) is 9.89. The maximum Gasteiger partial charge on any atom is 0.278 e. The van der Waals surface area contributed by atoms with Crippen LogP contribution >= 0.6 is 11.8 Å². The van der Waals surface area contributed by atoms with Crippen molar-refractivity contribution in [3.05, 3.63) is 90.1 Å². The van der Waals surface area contributed by atoms with E-state index < -0.39 is 0 Å². The summed E-state index contributed by atoms with van der Waals surface area (Å²) in [5.74, 6) is 0.700. The number of carbonyl (C=O) groups is 1. The van der Waals surface area contributed by atoms with Crippen molar-refractivity contribution in [2.24, 2.45) is 0 Å². The number of hydrogen-bond acceptors (Lipinski definition) is 3.